The number of thioether (sulfide) groups is 1. The number of aliphatic hydroxyl groups excluding tert-OH is 1. The summed E-state index contributed by atoms with van der Waals surface area (Å²) in [5.41, 5.74) is 35.1. The normalized spacial score (nSPS) is 13.5. The molecule has 7 atom stereocenters. The average molecular weight is 1490 g/mol. The Morgan fingerprint density at radius 1 is 0.337 bits per heavy atom. The Labute approximate surface area is 635 Å². The third-order valence-electron chi connectivity index (χ3n) is 19.6. The van der Waals surface area contributed by atoms with Gasteiger partial charge in [0.1, 0.15) is 24.8 Å². The number of aliphatic hydroxyl groups is 1. The summed E-state index contributed by atoms with van der Waals surface area (Å²) in [6.07, 6.45) is 49.1. The number of hydrogen-bond acceptors (Lipinski definition) is 20. The fraction of sp³-hybridized carbons (Fsp3) is 0.889. The first-order valence-corrected chi connectivity index (χ1v) is 43.4. The van der Waals surface area contributed by atoms with Crippen LogP contribution in [0.25, 0.3) is 0 Å². The van der Waals surface area contributed by atoms with E-state index in [2.05, 4.69) is 47.6 Å². The summed E-state index contributed by atoms with van der Waals surface area (Å²) in [4.78, 5) is 125. The third-order valence-corrected chi connectivity index (χ3v) is 20.8. The number of carbonyl (C=O) groups excluding carboxylic acids is 9. The molecule has 0 aliphatic heterocycles. The van der Waals surface area contributed by atoms with Gasteiger partial charge in [0.25, 0.3) is 0 Å². The summed E-state index contributed by atoms with van der Waals surface area (Å²) in [6, 6.07) is -7.77. The van der Waals surface area contributed by atoms with Gasteiger partial charge in [-0.15, -0.1) is 0 Å². The maximum atomic E-state index is 14.5. The van der Waals surface area contributed by atoms with E-state index >= 15 is 0 Å². The van der Waals surface area contributed by atoms with Crippen LogP contribution in [0.2, 0.25) is 0 Å². The molecule has 608 valence electrons. The molecule has 0 rings (SSSR count). The Balaban J connectivity index is 6.62. The van der Waals surface area contributed by atoms with E-state index in [1.54, 1.807) is 0 Å². The lowest BCUT2D eigenvalue weighted by atomic mass is 9.96. The predicted octanol–water partition coefficient (Wildman–Crippen LogP) is 13.0. The van der Waals surface area contributed by atoms with Gasteiger partial charge in [0.05, 0.1) is 30.8 Å². The number of esters is 2. The molecule has 0 aromatic heterocycles. The molecule has 0 aliphatic rings. The molecule has 0 heterocycles. The number of ether oxygens (including phenoxy) is 2. The van der Waals surface area contributed by atoms with Crippen molar-refractivity contribution in [1.29, 1.82) is 0 Å². The lowest BCUT2D eigenvalue weighted by molar-refractivity contribution is -0.157. The summed E-state index contributed by atoms with van der Waals surface area (Å²) >= 11 is 1.18. The highest BCUT2D eigenvalue weighted by Gasteiger charge is 2.36. The van der Waals surface area contributed by atoms with Crippen molar-refractivity contribution in [3.05, 3.63) is 0 Å². The minimum atomic E-state index is -1.79. The number of ketones is 4. The Morgan fingerprint density at radius 3 is 1.08 bits per heavy atom. The molecule has 0 spiro atoms. The van der Waals surface area contributed by atoms with Gasteiger partial charge in [-0.3, -0.25) is 43.2 Å². The highest BCUT2D eigenvalue weighted by Crippen LogP contribution is 2.20. The molecule has 3 amide bonds. The Morgan fingerprint density at radius 2 is 0.663 bits per heavy atom. The van der Waals surface area contributed by atoms with Crippen molar-refractivity contribution in [2.24, 2.45) is 28.7 Å². The molecule has 22 nitrogen and oxygen atoms in total. The van der Waals surface area contributed by atoms with Crippen LogP contribution >= 0.6 is 11.8 Å². The first-order valence-electron chi connectivity index (χ1n) is 42.3. The third kappa shape index (κ3) is 57.2. The van der Waals surface area contributed by atoms with Crippen LogP contribution in [0.4, 0.5) is 0 Å². The number of rotatable bonds is 80. The zero-order valence-electron chi connectivity index (χ0n) is 66.1. The van der Waals surface area contributed by atoms with Gasteiger partial charge in [-0.2, -0.15) is 11.8 Å². The van der Waals surface area contributed by atoms with Crippen LogP contribution in [0.5, 0.6) is 0 Å². The maximum Gasteiger partial charge on any atom is 0.306 e. The fourth-order valence-corrected chi connectivity index (χ4v) is 13.9. The summed E-state index contributed by atoms with van der Waals surface area (Å²) < 4.78 is 11.8. The zero-order chi connectivity index (χ0) is 76.7. The molecule has 0 fully saturated rings. The van der Waals surface area contributed by atoms with Gasteiger partial charge < -0.3 is 59.2 Å². The molecular weight excluding hydrogens is 1340 g/mol. The monoisotopic (exact) mass is 1490 g/mol. The molecular formula is C81H156N10O12S. The molecule has 0 unspecified atom stereocenters. The van der Waals surface area contributed by atoms with Crippen LogP contribution in [-0.2, 0) is 52.6 Å². The molecule has 0 aromatic rings. The standard InChI is InChI=1S/C81H156N10O12S/c1-4-7-10-13-16-19-22-25-28-31-34-37-40-55-73(93)87-72(65-104-64-66(103-75(95)57-42-39-36-33-30-27-24-21-18-15-12-9-6-3)63-102-74(94)56-41-38-35-32-29-26-23-20-17-14-11-8-5-2)81(101)89-71(62-92)79(99)77(97)68(52-44-48-59-83)88-80(100)70(54-46-50-61-85)91-90-69(53-45-49-60-84)78(98)76(96)67(86)51-43-47-58-82/h66-72,90-92H,4-65,82-86H2,1-3H3,(H,87,93)(H,88,100)(H,89,101)/t66-,67+,68+,69+,70+,71+,72+/m1/s1. The molecule has 0 radical (unpaired) electrons. The van der Waals surface area contributed by atoms with E-state index in [4.69, 9.17) is 38.1 Å². The number of nitrogens with one attached hydrogen (secondary N) is 5. The van der Waals surface area contributed by atoms with Crippen LogP contribution in [-0.4, -0.2) is 151 Å². The van der Waals surface area contributed by atoms with E-state index in [1.165, 1.54) is 179 Å². The second-order valence-corrected chi connectivity index (χ2v) is 30.4. The van der Waals surface area contributed by atoms with Gasteiger partial charge in [0.15, 0.2) is 0 Å². The molecule has 23 heteroatoms. The van der Waals surface area contributed by atoms with Crippen molar-refractivity contribution in [3.8, 4) is 0 Å². The largest absolute Gasteiger partial charge is 0.462 e. The molecule has 16 N–H and O–H groups in total. The summed E-state index contributed by atoms with van der Waals surface area (Å²) in [5, 5.41) is 18.9. The minimum Gasteiger partial charge on any atom is -0.462 e. The maximum absolute atomic E-state index is 14.5. The van der Waals surface area contributed by atoms with Gasteiger partial charge in [0.2, 0.25) is 40.9 Å². The number of Topliss-reactive ketones (excluding diaryl/α,β-unsaturated/α-hetero) is 4. The van der Waals surface area contributed by atoms with E-state index in [-0.39, 0.29) is 69.6 Å². The van der Waals surface area contributed by atoms with E-state index in [0.717, 1.165) is 64.2 Å². The summed E-state index contributed by atoms with van der Waals surface area (Å²) in [6.45, 7) is 6.82. The van der Waals surface area contributed by atoms with Gasteiger partial charge in [0, 0.05) is 30.8 Å². The van der Waals surface area contributed by atoms with E-state index < -0.39 is 102 Å². The van der Waals surface area contributed by atoms with Crippen molar-refractivity contribution >= 4 is 64.6 Å². The summed E-state index contributed by atoms with van der Waals surface area (Å²) in [5.74, 6) is -6.63. The average Bonchev–Trinajstić information content (AvgIpc) is 0.851. The topological polar surface area (TPSA) is 383 Å². The zero-order valence-corrected chi connectivity index (χ0v) is 66.9. The van der Waals surface area contributed by atoms with Crippen molar-refractivity contribution in [2.75, 3.05) is 50.9 Å². The Hall–Kier alpha value is -3.94. The van der Waals surface area contributed by atoms with Crippen LogP contribution < -0.4 is 55.5 Å². The van der Waals surface area contributed by atoms with E-state index in [1.807, 2.05) is 0 Å². The first kappa shape index (κ1) is 100. The number of unbranched alkanes of at least 4 members (excludes halogenated alkanes) is 40. The Kier molecular flexibility index (Phi) is 70.4. The van der Waals surface area contributed by atoms with Crippen molar-refractivity contribution < 1.29 is 57.7 Å². The van der Waals surface area contributed by atoms with Crippen LogP contribution in [0.15, 0.2) is 0 Å². The highest BCUT2D eigenvalue weighted by atomic mass is 32.2. The van der Waals surface area contributed by atoms with Gasteiger partial charge in [-0.25, -0.2) is 10.9 Å². The molecule has 0 aromatic carbocycles. The lowest BCUT2D eigenvalue weighted by Gasteiger charge is -2.26. The summed E-state index contributed by atoms with van der Waals surface area (Å²) in [7, 11) is 0. The second kappa shape index (κ2) is 73.2. The number of hydrogen-bond donors (Lipinski definition) is 11. The van der Waals surface area contributed by atoms with Crippen molar-refractivity contribution in [1.82, 2.24) is 26.8 Å². The van der Waals surface area contributed by atoms with Crippen LogP contribution in [0.1, 0.15) is 367 Å². The lowest BCUT2D eigenvalue weighted by Crippen LogP contribution is -2.60. The van der Waals surface area contributed by atoms with E-state index in [0.29, 0.717) is 90.3 Å². The Bertz CT molecular complexity index is 2150. The minimum absolute atomic E-state index is 0.0340. The molecule has 0 aliphatic carbocycles. The van der Waals surface area contributed by atoms with Gasteiger partial charge in [-0.05, 0) is 103 Å². The number of nitrogens with two attached hydrogens (primary N) is 5. The molecule has 0 bridgehead atoms. The highest BCUT2D eigenvalue weighted by molar-refractivity contribution is 7.99. The van der Waals surface area contributed by atoms with Crippen molar-refractivity contribution in [3.63, 3.8) is 0 Å². The molecule has 104 heavy (non-hydrogen) atoms. The quantitative estimate of drug-likeness (QED) is 0.0117. The predicted molar refractivity (Wildman–Crippen MR) is 425 cm³/mol. The van der Waals surface area contributed by atoms with Crippen LogP contribution in [0, 0.1) is 0 Å². The smallest absolute Gasteiger partial charge is 0.306 e. The van der Waals surface area contributed by atoms with Crippen LogP contribution in [0.3, 0.4) is 0 Å². The molecule has 0 saturated carbocycles. The number of carbonyl (C=O) groups is 9. The first-order chi connectivity index (χ1) is 50.6. The fourth-order valence-electron chi connectivity index (χ4n) is 12.8. The number of amides is 3. The van der Waals surface area contributed by atoms with Crippen molar-refractivity contribution in [2.45, 2.75) is 410 Å². The van der Waals surface area contributed by atoms with E-state index in [9.17, 15) is 48.3 Å². The molecule has 0 saturated heterocycles. The second-order valence-electron chi connectivity index (χ2n) is 29.3. The van der Waals surface area contributed by atoms with Gasteiger partial charge in [-0.1, -0.05) is 271 Å². The SMILES string of the molecule is CCCCCCCCCCCCCCCC(=O)N[C@@H](CSC[C@@H](COC(=O)CCCCCCCCCCCCCCC)OC(=O)CCCCCCCCCCCCCCC)C(=O)N[C@@H](CO)C(=O)C(=O)[C@H](CCCCN)NC(=O)[C@H](CCCCN)NN[C@@H](CCCCN)C(=O)C(=O)[C@@H](N)CCCCN. The number of hydrazine groups is 1. The van der Waals surface area contributed by atoms with Gasteiger partial charge >= 0.3 is 11.9 Å².